The van der Waals surface area contributed by atoms with E-state index >= 15 is 0 Å². The van der Waals surface area contributed by atoms with E-state index < -0.39 is 30.4 Å². The lowest BCUT2D eigenvalue weighted by Gasteiger charge is -2.26. The monoisotopic (exact) mass is 360 g/mol. The minimum Gasteiger partial charge on any atom is -0.454 e. The Morgan fingerprint density at radius 2 is 2.08 bits per heavy atom. The Balaban J connectivity index is 1.96. The summed E-state index contributed by atoms with van der Waals surface area (Å²) >= 11 is 0. The first-order valence-corrected chi connectivity index (χ1v) is 8.71. The second-order valence-corrected chi connectivity index (χ2v) is 7.31. The van der Waals surface area contributed by atoms with E-state index in [9.17, 15) is 14.7 Å². The van der Waals surface area contributed by atoms with Gasteiger partial charge in [0, 0.05) is 24.5 Å². The molecule has 26 heavy (non-hydrogen) atoms. The van der Waals surface area contributed by atoms with Gasteiger partial charge in [0.25, 0.3) is 0 Å². The van der Waals surface area contributed by atoms with E-state index in [1.165, 1.54) is 6.08 Å². The summed E-state index contributed by atoms with van der Waals surface area (Å²) in [5.41, 5.74) is 2.72. The lowest BCUT2D eigenvalue weighted by Crippen LogP contribution is -2.33. The van der Waals surface area contributed by atoms with E-state index in [4.69, 9.17) is 14.2 Å². The van der Waals surface area contributed by atoms with Crippen LogP contribution in [0.1, 0.15) is 33.6 Å². The molecule has 1 unspecified atom stereocenters. The van der Waals surface area contributed by atoms with Crippen LogP contribution in [0, 0.1) is 5.92 Å². The zero-order chi connectivity index (χ0) is 19.0. The van der Waals surface area contributed by atoms with Gasteiger partial charge in [-0.15, -0.1) is 0 Å². The van der Waals surface area contributed by atoms with Gasteiger partial charge in [-0.3, -0.25) is 0 Å². The molecule has 1 saturated heterocycles. The highest BCUT2D eigenvalue weighted by Crippen LogP contribution is 2.40. The number of carbonyl (C=O) groups excluding carboxylic acids is 2. The molecular weight excluding hydrogens is 336 g/mol. The van der Waals surface area contributed by atoms with E-state index in [-0.39, 0.29) is 18.5 Å². The van der Waals surface area contributed by atoms with Gasteiger partial charge in [0.2, 0.25) is 0 Å². The van der Waals surface area contributed by atoms with Crippen molar-refractivity contribution in [2.45, 2.75) is 58.2 Å². The molecule has 2 heterocycles. The molecule has 0 aromatic heterocycles. The maximum atomic E-state index is 12.2. The van der Waals surface area contributed by atoms with Gasteiger partial charge in [0.05, 0.1) is 12.0 Å². The molecule has 0 radical (unpaired) electrons. The summed E-state index contributed by atoms with van der Waals surface area (Å²) in [5, 5.41) is 10.1. The number of hydrogen-bond donors (Lipinski definition) is 1. The van der Waals surface area contributed by atoms with Crippen LogP contribution in [0.3, 0.4) is 0 Å². The fourth-order valence-electron chi connectivity index (χ4n) is 3.63. The molecule has 0 spiro atoms. The van der Waals surface area contributed by atoms with Crippen molar-refractivity contribution in [3.63, 3.8) is 0 Å². The standard InChI is InChI=1S/C20H24O6/c1-10(2)5-17(21)25-15-7-11(3)6-14-8-13(20(23)24-14)9-16-18(15)12(4)19(22)26-16/h5,7-8,14-16,18-19,22H,4,6,9H2,1-3H3/b11-7+/t14-,15-,16+,18+,19?/m1/s1. The third kappa shape index (κ3) is 3.81. The van der Waals surface area contributed by atoms with Crippen LogP contribution >= 0.6 is 0 Å². The number of carbonyl (C=O) groups is 2. The van der Waals surface area contributed by atoms with Crippen molar-refractivity contribution in [1.82, 2.24) is 0 Å². The van der Waals surface area contributed by atoms with Crippen LogP contribution in [-0.4, -0.2) is 41.6 Å². The summed E-state index contributed by atoms with van der Waals surface area (Å²) in [5.74, 6) is -1.27. The molecule has 1 fully saturated rings. The second kappa shape index (κ2) is 7.21. The van der Waals surface area contributed by atoms with Crippen molar-refractivity contribution >= 4 is 11.9 Å². The first kappa shape index (κ1) is 18.6. The summed E-state index contributed by atoms with van der Waals surface area (Å²) in [6, 6.07) is 0. The van der Waals surface area contributed by atoms with Gasteiger partial charge in [-0.05, 0) is 38.5 Å². The van der Waals surface area contributed by atoms with Crippen LogP contribution in [0.4, 0.5) is 0 Å². The van der Waals surface area contributed by atoms with Crippen LogP contribution in [-0.2, 0) is 23.8 Å². The maximum absolute atomic E-state index is 12.2. The summed E-state index contributed by atoms with van der Waals surface area (Å²) in [6.07, 6.45) is 3.23. The number of aliphatic hydroxyl groups excluding tert-OH is 1. The van der Waals surface area contributed by atoms with E-state index in [0.717, 1.165) is 11.1 Å². The van der Waals surface area contributed by atoms with E-state index in [0.29, 0.717) is 17.6 Å². The maximum Gasteiger partial charge on any atom is 0.334 e. The van der Waals surface area contributed by atoms with Crippen molar-refractivity contribution in [3.05, 3.63) is 47.1 Å². The van der Waals surface area contributed by atoms with Gasteiger partial charge in [-0.2, -0.15) is 0 Å². The first-order chi connectivity index (χ1) is 12.2. The molecule has 2 aliphatic heterocycles. The van der Waals surface area contributed by atoms with Crippen molar-refractivity contribution in [1.29, 1.82) is 0 Å². The number of rotatable bonds is 2. The highest BCUT2D eigenvalue weighted by Gasteiger charge is 2.45. The molecule has 0 saturated carbocycles. The van der Waals surface area contributed by atoms with Crippen LogP contribution in [0.15, 0.2) is 47.1 Å². The number of aliphatic hydroxyl groups is 1. The van der Waals surface area contributed by atoms with Gasteiger partial charge >= 0.3 is 11.9 Å². The Kier molecular flexibility index (Phi) is 5.16. The first-order valence-electron chi connectivity index (χ1n) is 8.71. The molecule has 5 atom stereocenters. The van der Waals surface area contributed by atoms with Crippen molar-refractivity contribution < 1.29 is 28.9 Å². The molecular formula is C20H24O6. The van der Waals surface area contributed by atoms with Gasteiger partial charge in [-0.1, -0.05) is 17.7 Å². The Morgan fingerprint density at radius 3 is 2.77 bits per heavy atom. The van der Waals surface area contributed by atoms with Crippen LogP contribution in [0.25, 0.3) is 0 Å². The molecule has 6 nitrogen and oxygen atoms in total. The second-order valence-electron chi connectivity index (χ2n) is 7.31. The molecule has 3 rings (SSSR count). The predicted octanol–water partition coefficient (Wildman–Crippen LogP) is 2.35. The Hall–Kier alpha value is -2.18. The number of ether oxygens (including phenoxy) is 3. The van der Waals surface area contributed by atoms with Crippen LogP contribution in [0.2, 0.25) is 0 Å². The van der Waals surface area contributed by atoms with Crippen molar-refractivity contribution in [3.8, 4) is 0 Å². The largest absolute Gasteiger partial charge is 0.454 e. The van der Waals surface area contributed by atoms with Gasteiger partial charge < -0.3 is 19.3 Å². The lowest BCUT2D eigenvalue weighted by molar-refractivity contribution is -0.145. The quantitative estimate of drug-likeness (QED) is 0.462. The van der Waals surface area contributed by atoms with Gasteiger partial charge in [0.15, 0.2) is 6.29 Å². The molecule has 140 valence electrons. The van der Waals surface area contributed by atoms with E-state index in [1.54, 1.807) is 0 Å². The molecule has 0 amide bonds. The molecule has 0 aromatic rings. The van der Waals surface area contributed by atoms with Crippen molar-refractivity contribution in [2.75, 3.05) is 0 Å². The number of hydrogen-bond acceptors (Lipinski definition) is 6. The third-order valence-corrected chi connectivity index (χ3v) is 4.76. The molecule has 1 aliphatic carbocycles. The highest BCUT2D eigenvalue weighted by atomic mass is 16.6. The lowest BCUT2D eigenvalue weighted by atomic mass is 9.85. The number of allylic oxidation sites excluding steroid dienone is 1. The van der Waals surface area contributed by atoms with E-state index in [2.05, 4.69) is 6.58 Å². The topological polar surface area (TPSA) is 82.1 Å². The summed E-state index contributed by atoms with van der Waals surface area (Å²) in [4.78, 5) is 24.3. The minimum absolute atomic E-state index is 0.277. The molecule has 1 N–H and O–H groups in total. The zero-order valence-corrected chi connectivity index (χ0v) is 15.2. The van der Waals surface area contributed by atoms with Crippen molar-refractivity contribution in [2.24, 2.45) is 5.92 Å². The summed E-state index contributed by atoms with van der Waals surface area (Å²) in [6.45, 7) is 9.44. The highest BCUT2D eigenvalue weighted by molar-refractivity contribution is 5.91. The smallest absolute Gasteiger partial charge is 0.334 e. The molecule has 3 aliphatic rings. The average Bonchev–Trinajstić information content (AvgIpc) is 2.97. The molecule has 2 bridgehead atoms. The Morgan fingerprint density at radius 1 is 1.35 bits per heavy atom. The Bertz CT molecular complexity index is 725. The van der Waals surface area contributed by atoms with Gasteiger partial charge in [0.1, 0.15) is 12.2 Å². The molecule has 0 aromatic carbocycles. The van der Waals surface area contributed by atoms with Crippen LogP contribution < -0.4 is 0 Å². The zero-order valence-electron chi connectivity index (χ0n) is 15.2. The number of esters is 2. The fraction of sp³-hybridized carbons (Fsp3) is 0.500. The third-order valence-electron chi connectivity index (χ3n) is 4.76. The molecule has 6 heteroatoms. The Labute approximate surface area is 152 Å². The van der Waals surface area contributed by atoms with Crippen LogP contribution in [0.5, 0.6) is 0 Å². The fourth-order valence-corrected chi connectivity index (χ4v) is 3.63. The summed E-state index contributed by atoms with van der Waals surface area (Å²) < 4.78 is 16.6. The van der Waals surface area contributed by atoms with Gasteiger partial charge in [-0.25, -0.2) is 9.59 Å². The predicted molar refractivity (Wildman–Crippen MR) is 93.8 cm³/mol. The summed E-state index contributed by atoms with van der Waals surface area (Å²) in [7, 11) is 0. The van der Waals surface area contributed by atoms with E-state index in [1.807, 2.05) is 32.9 Å². The minimum atomic E-state index is -1.15. The normalized spacial score (nSPS) is 35.6. The number of fused-ring (bicyclic) bond motifs is 2. The SMILES string of the molecule is C=C1C(O)O[C@H]2CC3=C[C@@H](C/C(C)=C/[C@@H](OC(=O)C=C(C)C)[C@H]12)OC3=O. The average molecular weight is 360 g/mol.